The van der Waals surface area contributed by atoms with Gasteiger partial charge < -0.3 is 5.32 Å². The minimum absolute atomic E-state index is 0.865. The van der Waals surface area contributed by atoms with Gasteiger partial charge >= 0.3 is 0 Å². The van der Waals surface area contributed by atoms with Crippen molar-refractivity contribution in [2.24, 2.45) is 11.8 Å². The van der Waals surface area contributed by atoms with E-state index in [1.165, 1.54) is 32.2 Å². The van der Waals surface area contributed by atoms with Crippen molar-refractivity contribution in [3.63, 3.8) is 0 Å². The van der Waals surface area contributed by atoms with Crippen LogP contribution in [-0.4, -0.2) is 13.6 Å². The summed E-state index contributed by atoms with van der Waals surface area (Å²) in [5.41, 5.74) is 0. The molecular weight excluding hydrogens is 146 g/mol. The van der Waals surface area contributed by atoms with Gasteiger partial charge in [0.2, 0.25) is 0 Å². The number of hydrogen-bond donors (Lipinski definition) is 1. The molecule has 0 heterocycles. The fourth-order valence-corrected chi connectivity index (χ4v) is 1.72. The maximum absolute atomic E-state index is 3.18. The summed E-state index contributed by atoms with van der Waals surface area (Å²) >= 11 is 0. The first-order valence-electron chi connectivity index (χ1n) is 5.31. The summed E-state index contributed by atoms with van der Waals surface area (Å²) in [4.78, 5) is 0. The largest absolute Gasteiger partial charge is 0.320 e. The Morgan fingerprint density at radius 2 is 1.75 bits per heavy atom. The third-order valence-electron chi connectivity index (χ3n) is 2.25. The predicted molar refractivity (Wildman–Crippen MR) is 56.4 cm³/mol. The molecule has 0 aliphatic carbocycles. The zero-order valence-corrected chi connectivity index (χ0v) is 9.19. The molecule has 0 unspecified atom stereocenters. The van der Waals surface area contributed by atoms with Gasteiger partial charge in [-0.1, -0.05) is 33.6 Å². The van der Waals surface area contributed by atoms with Crippen LogP contribution in [0.25, 0.3) is 0 Å². The second kappa shape index (κ2) is 7.60. The maximum Gasteiger partial charge on any atom is -0.00519 e. The second-order valence-corrected chi connectivity index (χ2v) is 4.33. The van der Waals surface area contributed by atoms with Gasteiger partial charge in [0.05, 0.1) is 0 Å². The summed E-state index contributed by atoms with van der Waals surface area (Å²) in [7, 11) is 2.03. The Morgan fingerprint density at radius 1 is 1.08 bits per heavy atom. The van der Waals surface area contributed by atoms with E-state index >= 15 is 0 Å². The summed E-state index contributed by atoms with van der Waals surface area (Å²) in [6, 6.07) is 0. The average Bonchev–Trinajstić information content (AvgIpc) is 1.97. The third kappa shape index (κ3) is 8.06. The molecule has 1 N–H and O–H groups in total. The molecule has 0 bridgehead atoms. The van der Waals surface area contributed by atoms with E-state index in [9.17, 15) is 0 Å². The molecule has 1 nitrogen and oxygen atoms in total. The monoisotopic (exact) mass is 171 g/mol. The van der Waals surface area contributed by atoms with Gasteiger partial charge in [0.25, 0.3) is 0 Å². The van der Waals surface area contributed by atoms with Crippen LogP contribution in [0.4, 0.5) is 0 Å². The molecule has 0 spiro atoms. The number of rotatable bonds is 7. The fraction of sp³-hybridized carbons (Fsp3) is 1.00. The van der Waals surface area contributed by atoms with Crippen molar-refractivity contribution in [3.05, 3.63) is 0 Å². The molecule has 0 aromatic carbocycles. The minimum Gasteiger partial charge on any atom is -0.320 e. The van der Waals surface area contributed by atoms with Gasteiger partial charge in [-0.2, -0.15) is 0 Å². The Balaban J connectivity index is 3.14. The summed E-state index contributed by atoms with van der Waals surface area (Å²) in [5.74, 6) is 1.78. The topological polar surface area (TPSA) is 12.0 Å². The fourth-order valence-electron chi connectivity index (χ4n) is 1.72. The van der Waals surface area contributed by atoms with Gasteiger partial charge in [-0.3, -0.25) is 0 Å². The van der Waals surface area contributed by atoms with Crippen molar-refractivity contribution in [3.8, 4) is 0 Å². The molecule has 0 fully saturated rings. The van der Waals surface area contributed by atoms with Crippen LogP contribution in [0.1, 0.15) is 46.5 Å². The van der Waals surface area contributed by atoms with Crippen LogP contribution < -0.4 is 5.32 Å². The van der Waals surface area contributed by atoms with E-state index in [-0.39, 0.29) is 0 Å². The molecule has 0 aliphatic heterocycles. The molecule has 0 aromatic rings. The lowest BCUT2D eigenvalue weighted by Gasteiger charge is -2.13. The first kappa shape index (κ1) is 12.0. The number of nitrogens with one attached hydrogen (secondary N) is 1. The number of unbranched alkanes of at least 4 members (excludes halogenated alkanes) is 1. The van der Waals surface area contributed by atoms with Crippen LogP contribution >= 0.6 is 0 Å². The molecule has 0 saturated heterocycles. The van der Waals surface area contributed by atoms with E-state index in [4.69, 9.17) is 0 Å². The third-order valence-corrected chi connectivity index (χ3v) is 2.25. The van der Waals surface area contributed by atoms with Crippen LogP contribution in [0.3, 0.4) is 0 Å². The van der Waals surface area contributed by atoms with Crippen LogP contribution in [0.5, 0.6) is 0 Å². The lowest BCUT2D eigenvalue weighted by atomic mass is 9.94. The molecule has 0 saturated carbocycles. The van der Waals surface area contributed by atoms with Gasteiger partial charge in [0.1, 0.15) is 0 Å². The van der Waals surface area contributed by atoms with Gasteiger partial charge in [-0.05, 0) is 38.3 Å². The van der Waals surface area contributed by atoms with Crippen molar-refractivity contribution in [2.75, 3.05) is 13.6 Å². The minimum atomic E-state index is 0.865. The van der Waals surface area contributed by atoms with Crippen LogP contribution in [0, 0.1) is 11.8 Å². The Kier molecular flexibility index (Phi) is 7.58. The van der Waals surface area contributed by atoms with E-state index < -0.39 is 0 Å². The summed E-state index contributed by atoms with van der Waals surface area (Å²) in [6.45, 7) is 8.17. The van der Waals surface area contributed by atoms with Crippen molar-refractivity contribution in [2.45, 2.75) is 46.5 Å². The average molecular weight is 171 g/mol. The van der Waals surface area contributed by atoms with E-state index in [1.54, 1.807) is 0 Å². The highest BCUT2D eigenvalue weighted by molar-refractivity contribution is 4.56. The van der Waals surface area contributed by atoms with Gasteiger partial charge in [0.15, 0.2) is 0 Å². The highest BCUT2D eigenvalue weighted by atomic mass is 14.8. The zero-order chi connectivity index (χ0) is 9.40. The predicted octanol–water partition coefficient (Wildman–Crippen LogP) is 3.06. The lowest BCUT2D eigenvalue weighted by Crippen LogP contribution is -2.08. The standard InChI is InChI=1S/C11H25N/c1-10(2)9-11(3)7-5-6-8-12-4/h10-12H,5-9H2,1-4H3/t11-/m1/s1. The molecule has 1 heteroatoms. The molecule has 0 aromatic heterocycles. The Hall–Kier alpha value is -0.0400. The normalized spacial score (nSPS) is 13.8. The first-order chi connectivity index (χ1) is 5.66. The van der Waals surface area contributed by atoms with Crippen molar-refractivity contribution in [1.29, 1.82) is 0 Å². The Bertz CT molecular complexity index is 89.0. The highest BCUT2D eigenvalue weighted by Crippen LogP contribution is 2.16. The van der Waals surface area contributed by atoms with Gasteiger partial charge in [-0.15, -0.1) is 0 Å². The molecule has 0 rings (SSSR count). The molecule has 12 heavy (non-hydrogen) atoms. The smallest absolute Gasteiger partial charge is 0.00519 e. The highest BCUT2D eigenvalue weighted by Gasteiger charge is 2.03. The van der Waals surface area contributed by atoms with E-state index in [2.05, 4.69) is 26.1 Å². The van der Waals surface area contributed by atoms with Crippen LogP contribution in [0.2, 0.25) is 0 Å². The summed E-state index contributed by atoms with van der Waals surface area (Å²) < 4.78 is 0. The van der Waals surface area contributed by atoms with E-state index in [1.807, 2.05) is 7.05 Å². The molecule has 0 radical (unpaired) electrons. The van der Waals surface area contributed by atoms with Gasteiger partial charge in [0, 0.05) is 0 Å². The summed E-state index contributed by atoms with van der Waals surface area (Å²) in [6.07, 6.45) is 5.51. The second-order valence-electron chi connectivity index (χ2n) is 4.33. The van der Waals surface area contributed by atoms with Gasteiger partial charge in [-0.25, -0.2) is 0 Å². The summed E-state index contributed by atoms with van der Waals surface area (Å²) in [5, 5.41) is 3.18. The van der Waals surface area contributed by atoms with Crippen LogP contribution in [-0.2, 0) is 0 Å². The molecular formula is C11H25N. The van der Waals surface area contributed by atoms with Crippen molar-refractivity contribution >= 4 is 0 Å². The molecule has 0 amide bonds. The SMILES string of the molecule is CNCCCC[C@@H](C)CC(C)C. The van der Waals surface area contributed by atoms with Crippen LogP contribution in [0.15, 0.2) is 0 Å². The molecule has 0 aliphatic rings. The molecule has 74 valence electrons. The van der Waals surface area contributed by atoms with Crippen molar-refractivity contribution in [1.82, 2.24) is 5.32 Å². The maximum atomic E-state index is 3.18. The lowest BCUT2D eigenvalue weighted by molar-refractivity contribution is 0.400. The van der Waals surface area contributed by atoms with Crippen molar-refractivity contribution < 1.29 is 0 Å². The Labute approximate surface area is 77.9 Å². The van der Waals surface area contributed by atoms with E-state index in [0.29, 0.717) is 0 Å². The first-order valence-corrected chi connectivity index (χ1v) is 5.31. The number of hydrogen-bond acceptors (Lipinski definition) is 1. The zero-order valence-electron chi connectivity index (χ0n) is 9.19. The quantitative estimate of drug-likeness (QED) is 0.580. The molecule has 1 atom stereocenters. The van der Waals surface area contributed by atoms with E-state index in [0.717, 1.165) is 11.8 Å². The Morgan fingerprint density at radius 3 is 2.25 bits per heavy atom.